The lowest BCUT2D eigenvalue weighted by Crippen LogP contribution is -2.47. The normalized spacial score (nSPS) is 21.9. The van der Waals surface area contributed by atoms with Gasteiger partial charge in [-0.15, -0.1) is 0 Å². The average molecular weight is 227 g/mol. The molecule has 0 saturated carbocycles. The van der Waals surface area contributed by atoms with E-state index >= 15 is 0 Å². The quantitative estimate of drug-likeness (QED) is 0.734. The lowest BCUT2D eigenvalue weighted by molar-refractivity contribution is 0.00352. The van der Waals surface area contributed by atoms with Gasteiger partial charge in [0.15, 0.2) is 0 Å². The Morgan fingerprint density at radius 1 is 1.31 bits per heavy atom. The van der Waals surface area contributed by atoms with Crippen molar-refractivity contribution in [2.45, 2.75) is 66.5 Å². The Hall–Kier alpha value is -0.760. The van der Waals surface area contributed by atoms with Crippen molar-refractivity contribution in [3.05, 3.63) is 24.0 Å². The van der Waals surface area contributed by atoms with Gasteiger partial charge in [-0.2, -0.15) is 0 Å². The van der Waals surface area contributed by atoms with Crippen LogP contribution in [0.2, 0.25) is 0 Å². The molecule has 1 heterocycles. The van der Waals surface area contributed by atoms with Gasteiger partial charge >= 0.3 is 0 Å². The van der Waals surface area contributed by atoms with Gasteiger partial charge in [0, 0.05) is 6.04 Å². The highest BCUT2D eigenvalue weighted by Crippen LogP contribution is 2.30. The highest BCUT2D eigenvalue weighted by molar-refractivity contribution is 5.22. The van der Waals surface area contributed by atoms with Gasteiger partial charge in [0.1, 0.15) is 11.4 Å². The zero-order valence-electron chi connectivity index (χ0n) is 12.1. The van der Waals surface area contributed by atoms with Crippen LogP contribution in [0.25, 0.3) is 0 Å². The lowest BCUT2D eigenvalue weighted by atomic mass is 9.90. The molecule has 0 fully saturated rings. The molecule has 0 radical (unpaired) electrons. The second-order valence-electron chi connectivity index (χ2n) is 3.86. The van der Waals surface area contributed by atoms with Gasteiger partial charge < -0.3 is 10.5 Å². The second-order valence-corrected chi connectivity index (χ2v) is 3.86. The molecule has 96 valence electrons. The lowest BCUT2D eigenvalue weighted by Gasteiger charge is -2.37. The van der Waals surface area contributed by atoms with Crippen LogP contribution in [0.15, 0.2) is 24.0 Å². The van der Waals surface area contributed by atoms with Crippen molar-refractivity contribution in [3.63, 3.8) is 0 Å². The largest absolute Gasteiger partial charge is 0.486 e. The molecule has 0 aromatic heterocycles. The number of hydrogen-bond donors (Lipinski definition) is 1. The van der Waals surface area contributed by atoms with Gasteiger partial charge in [-0.25, -0.2) is 0 Å². The third-order valence-corrected chi connectivity index (χ3v) is 2.40. The van der Waals surface area contributed by atoms with E-state index in [0.717, 1.165) is 12.2 Å². The standard InChI is InChI=1S/C10H17NO.2C2H6/c1-5-8-7(2)6-9(11)10(3,4)12-8;2*1-2/h5,9H,1,6,11H2,2-4H3;2*1-2H3. The number of allylic oxidation sites excluding steroid dienone is 1. The van der Waals surface area contributed by atoms with Crippen LogP contribution in [-0.4, -0.2) is 11.6 Å². The molecule has 1 rings (SSSR count). The molecule has 2 N–H and O–H groups in total. The summed E-state index contributed by atoms with van der Waals surface area (Å²) in [7, 11) is 0. The van der Waals surface area contributed by atoms with Crippen LogP contribution in [0.1, 0.15) is 54.9 Å². The Labute approximate surface area is 102 Å². The third kappa shape index (κ3) is 4.84. The first-order valence-corrected chi connectivity index (χ1v) is 6.24. The number of nitrogens with two attached hydrogens (primary N) is 1. The van der Waals surface area contributed by atoms with E-state index in [2.05, 4.69) is 6.58 Å². The summed E-state index contributed by atoms with van der Waals surface area (Å²) in [5.74, 6) is 0.890. The van der Waals surface area contributed by atoms with Crippen LogP contribution in [-0.2, 0) is 4.74 Å². The van der Waals surface area contributed by atoms with E-state index in [-0.39, 0.29) is 11.6 Å². The Morgan fingerprint density at radius 3 is 2.12 bits per heavy atom. The zero-order valence-corrected chi connectivity index (χ0v) is 12.1. The molecule has 1 aliphatic rings. The molecule has 1 atom stereocenters. The van der Waals surface area contributed by atoms with Crippen molar-refractivity contribution in [3.8, 4) is 0 Å². The van der Waals surface area contributed by atoms with E-state index in [4.69, 9.17) is 10.5 Å². The SMILES string of the molecule is C=CC1=C(C)CC(N)C(C)(C)O1.CC.CC. The molecule has 2 nitrogen and oxygen atoms in total. The topological polar surface area (TPSA) is 35.2 Å². The molecular weight excluding hydrogens is 198 g/mol. The fraction of sp³-hybridized carbons (Fsp3) is 0.714. The van der Waals surface area contributed by atoms with Crippen LogP contribution in [0.3, 0.4) is 0 Å². The molecule has 16 heavy (non-hydrogen) atoms. The van der Waals surface area contributed by atoms with E-state index in [1.54, 1.807) is 6.08 Å². The first kappa shape index (κ1) is 17.6. The van der Waals surface area contributed by atoms with Crippen molar-refractivity contribution in [2.24, 2.45) is 5.73 Å². The molecule has 0 spiro atoms. The van der Waals surface area contributed by atoms with Crippen LogP contribution >= 0.6 is 0 Å². The van der Waals surface area contributed by atoms with Gasteiger partial charge in [-0.3, -0.25) is 0 Å². The number of rotatable bonds is 1. The first-order chi connectivity index (χ1) is 7.47. The maximum absolute atomic E-state index is 5.93. The zero-order chi connectivity index (χ0) is 13.4. The van der Waals surface area contributed by atoms with Gasteiger partial charge in [-0.05, 0) is 38.8 Å². The van der Waals surface area contributed by atoms with Crippen molar-refractivity contribution < 1.29 is 4.74 Å². The van der Waals surface area contributed by atoms with Crippen molar-refractivity contribution in [1.82, 2.24) is 0 Å². The van der Waals surface area contributed by atoms with Crippen molar-refractivity contribution in [1.29, 1.82) is 0 Å². The Morgan fingerprint density at radius 2 is 1.75 bits per heavy atom. The predicted molar refractivity (Wildman–Crippen MR) is 73.3 cm³/mol. The van der Waals surface area contributed by atoms with Gasteiger partial charge in [0.05, 0.1) is 0 Å². The van der Waals surface area contributed by atoms with Gasteiger partial charge in [-0.1, -0.05) is 34.3 Å². The molecule has 1 aliphatic heterocycles. The minimum atomic E-state index is -0.261. The minimum Gasteiger partial charge on any atom is -0.486 e. The molecular formula is C14H29NO. The smallest absolute Gasteiger partial charge is 0.119 e. The summed E-state index contributed by atoms with van der Waals surface area (Å²) in [5.41, 5.74) is 6.86. The second kappa shape index (κ2) is 8.40. The van der Waals surface area contributed by atoms with Crippen LogP contribution in [0, 0.1) is 0 Å². The van der Waals surface area contributed by atoms with E-state index in [0.29, 0.717) is 0 Å². The molecule has 0 aromatic carbocycles. The van der Waals surface area contributed by atoms with Crippen molar-refractivity contribution >= 4 is 0 Å². The summed E-state index contributed by atoms with van der Waals surface area (Å²) < 4.78 is 5.68. The summed E-state index contributed by atoms with van der Waals surface area (Å²) in [6, 6.07) is 0.0844. The molecule has 0 aromatic rings. The average Bonchev–Trinajstić information content (AvgIpc) is 2.29. The molecule has 0 amide bonds. The van der Waals surface area contributed by atoms with Gasteiger partial charge in [0.2, 0.25) is 0 Å². The third-order valence-electron chi connectivity index (χ3n) is 2.40. The Kier molecular flexibility index (Phi) is 9.25. The highest BCUT2D eigenvalue weighted by atomic mass is 16.5. The van der Waals surface area contributed by atoms with E-state index in [9.17, 15) is 0 Å². The maximum Gasteiger partial charge on any atom is 0.119 e. The highest BCUT2D eigenvalue weighted by Gasteiger charge is 2.33. The summed E-state index contributed by atoms with van der Waals surface area (Å²) in [5, 5.41) is 0. The molecule has 0 aliphatic carbocycles. The van der Waals surface area contributed by atoms with Crippen molar-refractivity contribution in [2.75, 3.05) is 0 Å². The summed E-state index contributed by atoms with van der Waals surface area (Å²) in [4.78, 5) is 0. The van der Waals surface area contributed by atoms with Crippen LogP contribution < -0.4 is 5.73 Å². The van der Waals surface area contributed by atoms with Crippen LogP contribution in [0.4, 0.5) is 0 Å². The summed E-state index contributed by atoms with van der Waals surface area (Å²) >= 11 is 0. The van der Waals surface area contributed by atoms with E-state index < -0.39 is 0 Å². The van der Waals surface area contributed by atoms with E-state index in [1.165, 1.54) is 5.57 Å². The Bertz CT molecular complexity index is 229. The molecule has 1 unspecified atom stereocenters. The fourth-order valence-electron chi connectivity index (χ4n) is 1.34. The molecule has 2 heteroatoms. The maximum atomic E-state index is 5.93. The Balaban J connectivity index is 0. The fourth-order valence-corrected chi connectivity index (χ4v) is 1.34. The molecule has 0 bridgehead atoms. The summed E-state index contributed by atoms with van der Waals surface area (Å²) in [6.07, 6.45) is 2.65. The summed E-state index contributed by atoms with van der Waals surface area (Å²) in [6.45, 7) is 17.8. The number of ether oxygens (including phenoxy) is 1. The van der Waals surface area contributed by atoms with Crippen LogP contribution in [0.5, 0.6) is 0 Å². The first-order valence-electron chi connectivity index (χ1n) is 6.24. The predicted octanol–water partition coefficient (Wildman–Crippen LogP) is 4.03. The van der Waals surface area contributed by atoms with Gasteiger partial charge in [0.25, 0.3) is 0 Å². The molecule has 0 saturated heterocycles. The van der Waals surface area contributed by atoms with E-state index in [1.807, 2.05) is 48.5 Å². The number of hydrogen-bond acceptors (Lipinski definition) is 2. The monoisotopic (exact) mass is 227 g/mol. The minimum absolute atomic E-state index is 0.0844.